The molecule has 3 aliphatic heterocycles. The van der Waals surface area contributed by atoms with Gasteiger partial charge in [0.1, 0.15) is 54.8 Å². The smallest absolute Gasteiger partial charge is 0.405 e. The summed E-state index contributed by atoms with van der Waals surface area (Å²) < 4.78 is 34.5. The number of benzene rings is 3. The van der Waals surface area contributed by atoms with E-state index >= 15 is 0 Å². The second kappa shape index (κ2) is 21.1. The number of carboxylic acids is 1. The monoisotopic (exact) mass is 871 g/mol. The molecule has 0 saturated carbocycles. The average Bonchev–Trinajstić information content (AvgIpc) is 3.27. The molecule has 20 nitrogen and oxygen atoms in total. The van der Waals surface area contributed by atoms with Crippen LogP contribution in [0.1, 0.15) is 28.8 Å². The van der Waals surface area contributed by atoms with Crippen molar-refractivity contribution in [3.63, 3.8) is 0 Å². The molecule has 338 valence electrons. The molecule has 0 spiro atoms. The third kappa shape index (κ3) is 11.1. The van der Waals surface area contributed by atoms with Crippen molar-refractivity contribution in [2.75, 3.05) is 26.4 Å². The van der Waals surface area contributed by atoms with Crippen LogP contribution in [-0.4, -0.2) is 170 Å². The number of aliphatic hydroxyl groups excluding tert-OH is 7. The Hall–Kier alpha value is -4.65. The summed E-state index contributed by atoms with van der Waals surface area (Å²) in [4.78, 5) is 37.2. The largest absolute Gasteiger partial charge is 0.544 e. The maximum Gasteiger partial charge on any atom is 0.405 e. The number of carboxylic acid groups (broad SMARTS) is 2. The Labute approximate surface area is 355 Å². The summed E-state index contributed by atoms with van der Waals surface area (Å²) in [5.74, 6) is -6.05. The summed E-state index contributed by atoms with van der Waals surface area (Å²) in [5.41, 5.74) is 3.14. The maximum absolute atomic E-state index is 12.9. The Morgan fingerprint density at radius 3 is 2.18 bits per heavy atom. The van der Waals surface area contributed by atoms with Crippen LogP contribution in [0.15, 0.2) is 84.9 Å². The van der Waals surface area contributed by atoms with Gasteiger partial charge in [-0.15, -0.1) is 0 Å². The number of amides is 2. The van der Waals surface area contributed by atoms with E-state index in [0.29, 0.717) is 0 Å². The number of hydrogen-bond acceptors (Lipinski definition) is 17. The molecular weight excluding hydrogens is 820 g/mol. The van der Waals surface area contributed by atoms with Crippen molar-refractivity contribution >= 4 is 18.0 Å². The fourth-order valence-electron chi connectivity index (χ4n) is 7.60. The fourth-order valence-corrected chi connectivity index (χ4v) is 7.60. The van der Waals surface area contributed by atoms with Crippen molar-refractivity contribution in [1.29, 1.82) is 0 Å². The molecule has 3 aromatic carbocycles. The standard InChI is InChI=1S/C42H52N2O18/c45-19-29-34(50)37(35(51)39(60-29)59-28-15-16-58-30(33(28)49)21-57-20-22-11-13-24(14-12-22)23-7-3-1-4-8-23)62-42(40(53)54)17-26(46)31(44-41(55)56)36(61-42)32(48)27(47)18-43-38(52)25-9-5-2-6-10-25/h1-14,26-37,39,44-51H,15-21H2,(H,43,52)(H,53,54)(H,55,56)/p-1/t26-,27+,28-,29-,30-,31+,32+,33+,34-,35-,36+,37+,39-,42+/m0/s1. The predicted molar refractivity (Wildman–Crippen MR) is 208 cm³/mol. The summed E-state index contributed by atoms with van der Waals surface area (Å²) >= 11 is 0. The van der Waals surface area contributed by atoms with Gasteiger partial charge in [0, 0.05) is 25.1 Å². The molecule has 62 heavy (non-hydrogen) atoms. The van der Waals surface area contributed by atoms with Crippen molar-refractivity contribution in [3.8, 4) is 11.1 Å². The molecule has 3 heterocycles. The van der Waals surface area contributed by atoms with Crippen LogP contribution in [0.2, 0.25) is 0 Å². The number of aliphatic carboxylic acids is 1. The summed E-state index contributed by atoms with van der Waals surface area (Å²) in [5, 5.41) is 104. The van der Waals surface area contributed by atoms with Crippen LogP contribution < -0.4 is 15.7 Å². The fraction of sp³-hybridized carbons (Fsp3) is 0.500. The van der Waals surface area contributed by atoms with Crippen molar-refractivity contribution in [1.82, 2.24) is 10.6 Å². The number of aliphatic hydroxyl groups is 7. The molecule has 20 heteroatoms. The molecule has 3 aromatic rings. The number of carbonyl (C=O) groups excluding carboxylic acids is 2. The third-order valence-electron chi connectivity index (χ3n) is 11.0. The zero-order valence-electron chi connectivity index (χ0n) is 33.2. The second-order valence-electron chi connectivity index (χ2n) is 15.2. The van der Waals surface area contributed by atoms with E-state index in [1.54, 1.807) is 18.2 Å². The molecule has 6 rings (SSSR count). The lowest BCUT2D eigenvalue weighted by molar-refractivity contribution is -0.408. The minimum absolute atomic E-state index is 0.0636. The Morgan fingerprint density at radius 2 is 1.53 bits per heavy atom. The molecule has 0 aliphatic carbocycles. The van der Waals surface area contributed by atoms with E-state index in [1.807, 2.05) is 59.9 Å². The molecule has 0 bridgehead atoms. The Kier molecular flexibility index (Phi) is 16.0. The lowest BCUT2D eigenvalue weighted by atomic mass is 9.88. The maximum atomic E-state index is 12.9. The quantitative estimate of drug-likeness (QED) is 0.0677. The SMILES string of the molecule is O=C(O)N[C@H]1[C@H]([C@H](O)[C@H](O)CNC(=O)c2ccccc2)O[C@](O[C@H]2[C@H](O)[C@@H](O[C@H]3CCO[C@@H](COCc4ccc(-c5ccccc5)cc4)[C@@H]3O)O[C@@H](CO)[C@@H]2O)(C(=O)[O-])C[C@@H]1O. The second-order valence-corrected chi connectivity index (χ2v) is 15.2. The molecule has 3 aliphatic rings. The van der Waals surface area contributed by atoms with E-state index in [1.165, 1.54) is 12.1 Å². The molecule has 10 N–H and O–H groups in total. The minimum atomic E-state index is -3.17. The van der Waals surface area contributed by atoms with Gasteiger partial charge < -0.3 is 89.8 Å². The van der Waals surface area contributed by atoms with E-state index in [-0.39, 0.29) is 31.8 Å². The van der Waals surface area contributed by atoms with Gasteiger partial charge in [-0.3, -0.25) is 4.79 Å². The van der Waals surface area contributed by atoms with Crippen LogP contribution in [-0.2, 0) is 39.8 Å². The van der Waals surface area contributed by atoms with E-state index in [2.05, 4.69) is 5.32 Å². The summed E-state index contributed by atoms with van der Waals surface area (Å²) in [7, 11) is 0. The van der Waals surface area contributed by atoms with Gasteiger partial charge in [0.05, 0.1) is 44.2 Å². The van der Waals surface area contributed by atoms with Crippen LogP contribution in [0.4, 0.5) is 4.79 Å². The number of nitrogens with one attached hydrogen (secondary N) is 2. The molecule has 0 aromatic heterocycles. The van der Waals surface area contributed by atoms with E-state index in [0.717, 1.165) is 16.7 Å². The average molecular weight is 872 g/mol. The van der Waals surface area contributed by atoms with Crippen molar-refractivity contribution in [3.05, 3.63) is 96.1 Å². The van der Waals surface area contributed by atoms with Crippen LogP contribution in [0.5, 0.6) is 0 Å². The number of rotatable bonds is 17. The molecule has 3 fully saturated rings. The van der Waals surface area contributed by atoms with E-state index in [4.69, 9.17) is 28.4 Å². The Bertz CT molecular complexity index is 1910. The minimum Gasteiger partial charge on any atom is -0.544 e. The Balaban J connectivity index is 1.12. The normalized spacial score (nSPS) is 32.3. The first kappa shape index (κ1) is 46.8. The molecule has 2 amide bonds. The first-order valence-electron chi connectivity index (χ1n) is 19.9. The van der Waals surface area contributed by atoms with Crippen LogP contribution in [0.3, 0.4) is 0 Å². The number of ether oxygens (including phenoxy) is 6. The van der Waals surface area contributed by atoms with Crippen LogP contribution in [0.25, 0.3) is 11.1 Å². The molecule has 0 radical (unpaired) electrons. The van der Waals surface area contributed by atoms with Gasteiger partial charge in [0.15, 0.2) is 6.29 Å². The highest BCUT2D eigenvalue weighted by Gasteiger charge is 2.57. The third-order valence-corrected chi connectivity index (χ3v) is 11.0. The van der Waals surface area contributed by atoms with Crippen molar-refractivity contribution in [2.45, 2.75) is 105 Å². The topological polar surface area (TPSA) is 316 Å². The molecule has 3 saturated heterocycles. The van der Waals surface area contributed by atoms with Gasteiger partial charge in [-0.1, -0.05) is 72.8 Å². The first-order chi connectivity index (χ1) is 29.7. The van der Waals surface area contributed by atoms with E-state index in [9.17, 15) is 60.3 Å². The van der Waals surface area contributed by atoms with Gasteiger partial charge in [-0.05, 0) is 35.2 Å². The van der Waals surface area contributed by atoms with Crippen molar-refractivity contribution < 1.29 is 88.8 Å². The summed E-state index contributed by atoms with van der Waals surface area (Å²) in [6.45, 7) is -1.37. The summed E-state index contributed by atoms with van der Waals surface area (Å²) in [6, 6.07) is 23.5. The zero-order chi connectivity index (χ0) is 44.6. The number of carbonyl (C=O) groups is 3. The summed E-state index contributed by atoms with van der Waals surface area (Å²) in [6.07, 6.45) is -24.0. The predicted octanol–water partition coefficient (Wildman–Crippen LogP) is -2.39. The van der Waals surface area contributed by atoms with E-state index < -0.39 is 123 Å². The van der Waals surface area contributed by atoms with Gasteiger partial charge in [-0.25, -0.2) is 4.79 Å². The Morgan fingerprint density at radius 1 is 0.871 bits per heavy atom. The lowest BCUT2D eigenvalue weighted by Gasteiger charge is -2.52. The molecule has 0 unspecified atom stereocenters. The molecular formula is C42H51N2O18-. The highest BCUT2D eigenvalue weighted by Crippen LogP contribution is 2.38. The van der Waals surface area contributed by atoms with Crippen molar-refractivity contribution in [2.24, 2.45) is 0 Å². The van der Waals surface area contributed by atoms with Gasteiger partial charge >= 0.3 is 6.09 Å². The number of hydrogen-bond donors (Lipinski definition) is 10. The van der Waals surface area contributed by atoms with Gasteiger partial charge in [-0.2, -0.15) is 0 Å². The van der Waals surface area contributed by atoms with Crippen LogP contribution in [0, 0.1) is 0 Å². The van der Waals surface area contributed by atoms with Gasteiger partial charge in [0.2, 0.25) is 5.79 Å². The lowest BCUT2D eigenvalue weighted by Crippen LogP contribution is -2.72. The highest BCUT2D eigenvalue weighted by molar-refractivity contribution is 5.94. The zero-order valence-corrected chi connectivity index (χ0v) is 33.2. The first-order valence-corrected chi connectivity index (χ1v) is 19.9. The highest BCUT2D eigenvalue weighted by atomic mass is 16.8. The van der Waals surface area contributed by atoms with Gasteiger partial charge in [0.25, 0.3) is 5.91 Å². The van der Waals surface area contributed by atoms with Crippen LogP contribution >= 0.6 is 0 Å². The molecule has 14 atom stereocenters.